The third-order valence-corrected chi connectivity index (χ3v) is 5.65. The van der Waals surface area contributed by atoms with Gasteiger partial charge < -0.3 is 5.21 Å². The summed E-state index contributed by atoms with van der Waals surface area (Å²) >= 11 is 1.60. The minimum Gasteiger partial charge on any atom is -0.411 e. The lowest BCUT2D eigenvalue weighted by atomic mass is 9.95. The van der Waals surface area contributed by atoms with E-state index in [4.69, 9.17) is 10.2 Å². The zero-order valence-corrected chi connectivity index (χ0v) is 12.6. The molecular formula is C15H17N3O2S. The number of aryl methyl sites for hydroxylation is 2. The molecule has 2 aliphatic rings. The molecule has 2 aromatic heterocycles. The number of rotatable bonds is 0. The molecule has 0 atom stereocenters. The zero-order valence-electron chi connectivity index (χ0n) is 11.8. The van der Waals surface area contributed by atoms with Crippen molar-refractivity contribution in [1.29, 1.82) is 0 Å². The Morgan fingerprint density at radius 3 is 2.95 bits per heavy atom. The molecule has 0 amide bonds. The quantitative estimate of drug-likeness (QED) is 0.600. The summed E-state index contributed by atoms with van der Waals surface area (Å²) < 4.78 is 1.89. The van der Waals surface area contributed by atoms with Crippen molar-refractivity contribution < 1.29 is 5.21 Å². The molecule has 2 aromatic rings. The summed E-state index contributed by atoms with van der Waals surface area (Å²) in [5.41, 5.74) is 2.08. The van der Waals surface area contributed by atoms with Crippen molar-refractivity contribution in [2.45, 2.75) is 51.5 Å². The van der Waals surface area contributed by atoms with E-state index in [1.165, 1.54) is 6.42 Å². The van der Waals surface area contributed by atoms with Crippen LogP contribution in [0, 0.1) is 0 Å². The van der Waals surface area contributed by atoms with Crippen LogP contribution in [-0.2, 0) is 25.8 Å². The van der Waals surface area contributed by atoms with Gasteiger partial charge in [-0.2, -0.15) is 0 Å². The molecule has 0 saturated heterocycles. The molecule has 0 bridgehead atoms. The SMILES string of the molecule is O=c1c2c3c(sc2nc2n1CCCCC2)C/C(=N\O)CC3. The summed E-state index contributed by atoms with van der Waals surface area (Å²) in [7, 11) is 0. The molecule has 5 nitrogen and oxygen atoms in total. The van der Waals surface area contributed by atoms with Crippen LogP contribution < -0.4 is 5.56 Å². The lowest BCUT2D eigenvalue weighted by Gasteiger charge is -2.12. The van der Waals surface area contributed by atoms with Crippen molar-refractivity contribution in [2.24, 2.45) is 5.16 Å². The van der Waals surface area contributed by atoms with E-state index in [-0.39, 0.29) is 5.56 Å². The lowest BCUT2D eigenvalue weighted by molar-refractivity contribution is 0.316. The standard InChI is InChI=1S/C15H17N3O2S/c19-15-13-10-6-5-9(17-20)8-11(10)21-14(13)16-12-4-2-1-3-7-18(12)15/h20H,1-8H2/b17-9-. The van der Waals surface area contributed by atoms with Gasteiger partial charge in [-0.05, 0) is 31.2 Å². The number of hydrogen-bond donors (Lipinski definition) is 1. The van der Waals surface area contributed by atoms with Gasteiger partial charge in [0.05, 0.1) is 11.1 Å². The molecular weight excluding hydrogens is 286 g/mol. The Balaban J connectivity index is 1.95. The molecule has 4 rings (SSSR count). The maximum Gasteiger partial charge on any atom is 0.262 e. The van der Waals surface area contributed by atoms with Gasteiger partial charge in [0.2, 0.25) is 0 Å². The second-order valence-corrected chi connectivity index (χ2v) is 6.91. The van der Waals surface area contributed by atoms with Gasteiger partial charge in [-0.15, -0.1) is 11.3 Å². The van der Waals surface area contributed by atoms with E-state index in [1.54, 1.807) is 11.3 Å². The number of oxime groups is 1. The van der Waals surface area contributed by atoms with E-state index < -0.39 is 0 Å². The van der Waals surface area contributed by atoms with Crippen LogP contribution in [0.25, 0.3) is 10.2 Å². The second kappa shape index (κ2) is 4.94. The molecule has 0 unspecified atom stereocenters. The highest BCUT2D eigenvalue weighted by Gasteiger charge is 2.24. The van der Waals surface area contributed by atoms with Gasteiger partial charge >= 0.3 is 0 Å². The smallest absolute Gasteiger partial charge is 0.262 e. The molecule has 110 valence electrons. The maximum absolute atomic E-state index is 12.9. The normalized spacial score (nSPS) is 20.3. The molecule has 1 N–H and O–H groups in total. The van der Waals surface area contributed by atoms with Gasteiger partial charge in [0.1, 0.15) is 10.7 Å². The van der Waals surface area contributed by atoms with Gasteiger partial charge in [0.15, 0.2) is 0 Å². The summed E-state index contributed by atoms with van der Waals surface area (Å²) in [6.45, 7) is 0.797. The fourth-order valence-corrected chi connectivity index (χ4v) is 4.68. The van der Waals surface area contributed by atoms with Crippen LogP contribution in [0.15, 0.2) is 9.95 Å². The largest absolute Gasteiger partial charge is 0.411 e. The van der Waals surface area contributed by atoms with Crippen LogP contribution in [0.2, 0.25) is 0 Å². The zero-order chi connectivity index (χ0) is 14.4. The van der Waals surface area contributed by atoms with Crippen molar-refractivity contribution >= 4 is 27.3 Å². The highest BCUT2D eigenvalue weighted by atomic mass is 32.1. The van der Waals surface area contributed by atoms with E-state index in [1.807, 2.05) is 4.57 Å². The summed E-state index contributed by atoms with van der Waals surface area (Å²) in [5, 5.41) is 13.1. The fraction of sp³-hybridized carbons (Fsp3) is 0.533. The van der Waals surface area contributed by atoms with Gasteiger partial charge in [-0.3, -0.25) is 9.36 Å². The average Bonchev–Trinajstić information content (AvgIpc) is 2.68. The first-order valence-corrected chi connectivity index (χ1v) is 8.33. The number of hydrogen-bond acceptors (Lipinski definition) is 5. The Labute approximate surface area is 125 Å². The summed E-state index contributed by atoms with van der Waals surface area (Å²) in [4.78, 5) is 19.7. The van der Waals surface area contributed by atoms with Gasteiger partial charge in [0.25, 0.3) is 5.56 Å². The molecule has 1 aliphatic heterocycles. The number of thiophene rings is 1. The van der Waals surface area contributed by atoms with Crippen LogP contribution in [0.4, 0.5) is 0 Å². The molecule has 21 heavy (non-hydrogen) atoms. The second-order valence-electron chi connectivity index (χ2n) is 5.82. The summed E-state index contributed by atoms with van der Waals surface area (Å²) in [5.74, 6) is 0.944. The van der Waals surface area contributed by atoms with E-state index in [0.29, 0.717) is 6.42 Å². The molecule has 0 radical (unpaired) electrons. The van der Waals surface area contributed by atoms with Crippen molar-refractivity contribution in [3.8, 4) is 0 Å². The minimum absolute atomic E-state index is 0.138. The van der Waals surface area contributed by atoms with Crippen LogP contribution in [0.3, 0.4) is 0 Å². The Kier molecular flexibility index (Phi) is 3.06. The highest BCUT2D eigenvalue weighted by Crippen LogP contribution is 2.33. The predicted molar refractivity (Wildman–Crippen MR) is 82.7 cm³/mol. The number of aromatic nitrogens is 2. The third kappa shape index (κ3) is 2.00. The van der Waals surface area contributed by atoms with E-state index in [0.717, 1.165) is 70.8 Å². The monoisotopic (exact) mass is 303 g/mol. The highest BCUT2D eigenvalue weighted by molar-refractivity contribution is 7.19. The summed E-state index contributed by atoms with van der Waals surface area (Å²) in [6, 6.07) is 0. The minimum atomic E-state index is 0.138. The molecule has 0 spiro atoms. The topological polar surface area (TPSA) is 67.5 Å². The van der Waals surface area contributed by atoms with Crippen molar-refractivity contribution in [2.75, 3.05) is 0 Å². The van der Waals surface area contributed by atoms with Crippen LogP contribution >= 0.6 is 11.3 Å². The maximum atomic E-state index is 12.9. The first kappa shape index (κ1) is 13.0. The molecule has 0 saturated carbocycles. The first-order valence-electron chi connectivity index (χ1n) is 7.51. The van der Waals surface area contributed by atoms with E-state index in [9.17, 15) is 4.79 Å². The van der Waals surface area contributed by atoms with E-state index >= 15 is 0 Å². The predicted octanol–water partition coefficient (Wildman–Crippen LogP) is 2.50. The van der Waals surface area contributed by atoms with Crippen LogP contribution in [0.5, 0.6) is 0 Å². The Morgan fingerprint density at radius 1 is 1.19 bits per heavy atom. The van der Waals surface area contributed by atoms with Gasteiger partial charge in [-0.25, -0.2) is 4.98 Å². The first-order chi connectivity index (χ1) is 10.3. The lowest BCUT2D eigenvalue weighted by Crippen LogP contribution is -2.25. The molecule has 0 aromatic carbocycles. The van der Waals surface area contributed by atoms with E-state index in [2.05, 4.69) is 5.16 Å². The molecule has 0 fully saturated rings. The number of fused-ring (bicyclic) bond motifs is 4. The van der Waals surface area contributed by atoms with Gasteiger partial charge in [0, 0.05) is 24.3 Å². The van der Waals surface area contributed by atoms with Crippen LogP contribution in [0.1, 0.15) is 41.9 Å². The Bertz CT molecular complexity index is 803. The fourth-order valence-electron chi connectivity index (χ4n) is 3.41. The van der Waals surface area contributed by atoms with Crippen molar-refractivity contribution in [1.82, 2.24) is 9.55 Å². The Morgan fingerprint density at radius 2 is 2.10 bits per heavy atom. The van der Waals surface area contributed by atoms with Crippen molar-refractivity contribution in [3.05, 3.63) is 26.6 Å². The van der Waals surface area contributed by atoms with Crippen molar-refractivity contribution in [3.63, 3.8) is 0 Å². The molecule has 6 heteroatoms. The number of nitrogens with zero attached hydrogens (tertiary/aromatic N) is 3. The molecule has 1 aliphatic carbocycles. The molecule has 3 heterocycles. The Hall–Kier alpha value is -1.69. The van der Waals surface area contributed by atoms with Gasteiger partial charge in [-0.1, -0.05) is 11.6 Å². The third-order valence-electron chi connectivity index (χ3n) is 4.53. The summed E-state index contributed by atoms with van der Waals surface area (Å²) in [6.07, 6.45) is 6.42. The average molecular weight is 303 g/mol. The van der Waals surface area contributed by atoms with Crippen LogP contribution in [-0.4, -0.2) is 20.5 Å².